The van der Waals surface area contributed by atoms with Crippen molar-refractivity contribution in [1.82, 2.24) is 4.90 Å². The van der Waals surface area contributed by atoms with Gasteiger partial charge < -0.3 is 33.7 Å². The van der Waals surface area contributed by atoms with E-state index in [1.165, 1.54) is 12.0 Å². The van der Waals surface area contributed by atoms with E-state index in [0.717, 1.165) is 0 Å². The molecule has 1 N–H and O–H groups in total. The molecule has 1 atom stereocenters. The highest BCUT2D eigenvalue weighted by atomic mass is 16.7. The molecule has 9 heteroatoms. The van der Waals surface area contributed by atoms with Gasteiger partial charge in [0.05, 0.1) is 30.9 Å². The van der Waals surface area contributed by atoms with Crippen LogP contribution in [0.15, 0.2) is 42.0 Å². The molecule has 186 valence electrons. The number of ether oxygens (including phenoxy) is 5. The molecule has 0 saturated carbocycles. The fourth-order valence-electron chi connectivity index (χ4n) is 4.16. The quantitative estimate of drug-likeness (QED) is 0.327. The number of hydrogen-bond acceptors (Lipinski definition) is 8. The van der Waals surface area contributed by atoms with Gasteiger partial charge in [0, 0.05) is 19.2 Å². The highest BCUT2D eigenvalue weighted by Gasteiger charge is 2.46. The first kappa shape index (κ1) is 24.4. The molecule has 2 aromatic carbocycles. The third-order valence-electron chi connectivity index (χ3n) is 5.67. The van der Waals surface area contributed by atoms with Crippen molar-refractivity contribution in [3.05, 3.63) is 53.1 Å². The largest absolute Gasteiger partial charge is 0.507 e. The van der Waals surface area contributed by atoms with Gasteiger partial charge in [0.1, 0.15) is 5.76 Å². The number of carbonyl (C=O) groups is 2. The van der Waals surface area contributed by atoms with Gasteiger partial charge in [0.15, 0.2) is 23.0 Å². The molecule has 9 nitrogen and oxygen atoms in total. The Morgan fingerprint density at radius 1 is 1.11 bits per heavy atom. The minimum Gasteiger partial charge on any atom is -0.507 e. The molecule has 2 aliphatic rings. The van der Waals surface area contributed by atoms with E-state index in [-0.39, 0.29) is 37.4 Å². The minimum atomic E-state index is -0.845. The van der Waals surface area contributed by atoms with Crippen LogP contribution in [0.25, 0.3) is 5.76 Å². The Kier molecular flexibility index (Phi) is 7.16. The summed E-state index contributed by atoms with van der Waals surface area (Å²) in [4.78, 5) is 27.6. The van der Waals surface area contributed by atoms with E-state index in [4.69, 9.17) is 23.7 Å². The number of Topliss-reactive ketones (excluding diaryl/α,β-unsaturated/α-hetero) is 1. The average Bonchev–Trinajstić information content (AvgIpc) is 3.40. The summed E-state index contributed by atoms with van der Waals surface area (Å²) in [6, 6.07) is 9.27. The maximum absolute atomic E-state index is 13.2. The van der Waals surface area contributed by atoms with Gasteiger partial charge in [0.2, 0.25) is 6.79 Å². The number of methoxy groups -OCH3 is 1. The number of nitrogens with zero attached hydrogens (tertiary/aromatic N) is 1. The number of carbonyl (C=O) groups excluding carboxylic acids is 2. The van der Waals surface area contributed by atoms with Gasteiger partial charge in [-0.25, -0.2) is 0 Å². The Hall–Kier alpha value is -3.72. The first-order chi connectivity index (χ1) is 16.8. The van der Waals surface area contributed by atoms with E-state index >= 15 is 0 Å². The van der Waals surface area contributed by atoms with Crippen LogP contribution >= 0.6 is 0 Å². The first-order valence-electron chi connectivity index (χ1n) is 11.5. The number of amides is 1. The Bertz CT molecular complexity index is 1160. The monoisotopic (exact) mass is 483 g/mol. The van der Waals surface area contributed by atoms with E-state index < -0.39 is 17.7 Å². The Balaban J connectivity index is 1.84. The molecule has 35 heavy (non-hydrogen) atoms. The molecular formula is C26H29NO8. The molecular weight excluding hydrogens is 454 g/mol. The van der Waals surface area contributed by atoms with Crippen molar-refractivity contribution in [2.24, 2.45) is 0 Å². The summed E-state index contributed by atoms with van der Waals surface area (Å²) >= 11 is 0. The highest BCUT2D eigenvalue weighted by Crippen LogP contribution is 2.43. The third kappa shape index (κ3) is 4.77. The number of hydrogen-bond donors (Lipinski definition) is 1. The van der Waals surface area contributed by atoms with Crippen LogP contribution in [0.1, 0.15) is 37.9 Å². The number of ketones is 1. The number of fused-ring (bicyclic) bond motifs is 1. The molecule has 2 aliphatic heterocycles. The topological polar surface area (TPSA) is 104 Å². The van der Waals surface area contributed by atoms with E-state index in [0.29, 0.717) is 40.7 Å². The predicted octanol–water partition coefficient (Wildman–Crippen LogP) is 3.67. The molecule has 2 aromatic rings. The number of aliphatic hydroxyl groups is 1. The van der Waals surface area contributed by atoms with Crippen molar-refractivity contribution in [3.63, 3.8) is 0 Å². The second-order valence-electron chi connectivity index (χ2n) is 8.36. The third-order valence-corrected chi connectivity index (χ3v) is 5.67. The van der Waals surface area contributed by atoms with Crippen LogP contribution < -0.4 is 18.9 Å². The molecule has 0 radical (unpaired) electrons. The molecule has 0 bridgehead atoms. The van der Waals surface area contributed by atoms with Crippen molar-refractivity contribution in [1.29, 1.82) is 0 Å². The SMILES string of the molecule is CCOc1cc(C2/C(=C(\O)c3ccc4c(c3)OCO4)C(=O)C(=O)N2CCOC)ccc1OC(C)C. The van der Waals surface area contributed by atoms with E-state index in [9.17, 15) is 14.7 Å². The van der Waals surface area contributed by atoms with Crippen LogP contribution in [-0.2, 0) is 14.3 Å². The first-order valence-corrected chi connectivity index (χ1v) is 11.5. The molecule has 1 unspecified atom stereocenters. The van der Waals surface area contributed by atoms with Crippen LogP contribution in [0.3, 0.4) is 0 Å². The Morgan fingerprint density at radius 3 is 2.60 bits per heavy atom. The Labute approximate surface area is 203 Å². The van der Waals surface area contributed by atoms with Gasteiger partial charge in [-0.3, -0.25) is 9.59 Å². The van der Waals surface area contributed by atoms with Crippen LogP contribution in [-0.4, -0.2) is 61.5 Å². The van der Waals surface area contributed by atoms with Crippen molar-refractivity contribution in [2.45, 2.75) is 32.9 Å². The molecule has 4 rings (SSSR count). The van der Waals surface area contributed by atoms with Crippen LogP contribution in [0, 0.1) is 0 Å². The lowest BCUT2D eigenvalue weighted by molar-refractivity contribution is -0.140. The maximum Gasteiger partial charge on any atom is 0.295 e. The molecule has 0 aromatic heterocycles. The lowest BCUT2D eigenvalue weighted by Gasteiger charge is -2.26. The number of likely N-dealkylation sites (tertiary alicyclic amines) is 1. The zero-order valence-electron chi connectivity index (χ0n) is 20.2. The van der Waals surface area contributed by atoms with Crippen LogP contribution in [0.4, 0.5) is 0 Å². The van der Waals surface area contributed by atoms with Gasteiger partial charge in [-0.2, -0.15) is 0 Å². The van der Waals surface area contributed by atoms with Gasteiger partial charge >= 0.3 is 0 Å². The summed E-state index contributed by atoms with van der Waals surface area (Å²) < 4.78 is 27.6. The molecule has 1 saturated heterocycles. The predicted molar refractivity (Wildman–Crippen MR) is 127 cm³/mol. The van der Waals surface area contributed by atoms with Gasteiger partial charge in [0.25, 0.3) is 11.7 Å². The fraction of sp³-hybridized carbons (Fsp3) is 0.385. The zero-order chi connectivity index (χ0) is 25.1. The van der Waals surface area contributed by atoms with E-state index in [1.54, 1.807) is 36.4 Å². The van der Waals surface area contributed by atoms with Crippen molar-refractivity contribution in [2.75, 3.05) is 33.7 Å². The lowest BCUT2D eigenvalue weighted by atomic mass is 9.95. The van der Waals surface area contributed by atoms with Gasteiger partial charge in [-0.05, 0) is 56.7 Å². The van der Waals surface area contributed by atoms with Gasteiger partial charge in [-0.15, -0.1) is 0 Å². The smallest absolute Gasteiger partial charge is 0.295 e. The summed E-state index contributed by atoms with van der Waals surface area (Å²) in [5.41, 5.74) is 0.917. The fourth-order valence-corrected chi connectivity index (χ4v) is 4.16. The summed E-state index contributed by atoms with van der Waals surface area (Å²) in [6.45, 7) is 6.54. The average molecular weight is 484 g/mol. The van der Waals surface area contributed by atoms with Crippen LogP contribution in [0.5, 0.6) is 23.0 Å². The number of rotatable bonds is 9. The summed E-state index contributed by atoms with van der Waals surface area (Å²) in [5.74, 6) is 0.242. The second kappa shape index (κ2) is 10.3. The zero-order valence-corrected chi connectivity index (χ0v) is 20.2. The summed E-state index contributed by atoms with van der Waals surface area (Å²) in [5, 5.41) is 11.3. The van der Waals surface area contributed by atoms with Gasteiger partial charge in [-0.1, -0.05) is 6.07 Å². The second-order valence-corrected chi connectivity index (χ2v) is 8.36. The molecule has 0 spiro atoms. The normalized spacial score (nSPS) is 18.4. The van der Waals surface area contributed by atoms with Crippen molar-refractivity contribution < 1.29 is 38.4 Å². The molecule has 2 heterocycles. The number of aliphatic hydroxyl groups excluding tert-OH is 1. The maximum atomic E-state index is 13.2. The van der Waals surface area contributed by atoms with E-state index in [2.05, 4.69) is 0 Å². The Morgan fingerprint density at radius 2 is 1.89 bits per heavy atom. The minimum absolute atomic E-state index is 0.0232. The van der Waals surface area contributed by atoms with E-state index in [1.807, 2.05) is 20.8 Å². The molecule has 0 aliphatic carbocycles. The van der Waals surface area contributed by atoms with Crippen LogP contribution in [0.2, 0.25) is 0 Å². The van der Waals surface area contributed by atoms with Crippen molar-refractivity contribution >= 4 is 17.4 Å². The highest BCUT2D eigenvalue weighted by molar-refractivity contribution is 6.46. The van der Waals surface area contributed by atoms with Crippen molar-refractivity contribution in [3.8, 4) is 23.0 Å². The number of benzene rings is 2. The standard InChI is InChI=1S/C26H29NO8/c1-5-32-21-12-16(6-9-19(21)35-15(2)3)23-22(25(29)26(30)27(23)10-11-31-4)24(28)17-7-8-18-20(13-17)34-14-33-18/h6-9,12-13,15,23,28H,5,10-11,14H2,1-4H3/b24-22+. The lowest BCUT2D eigenvalue weighted by Crippen LogP contribution is -2.32. The summed E-state index contributed by atoms with van der Waals surface area (Å²) in [6.07, 6.45) is -0.0709. The summed E-state index contributed by atoms with van der Waals surface area (Å²) in [7, 11) is 1.52. The molecule has 1 amide bonds. The molecule has 1 fully saturated rings.